The second-order valence-electron chi connectivity index (χ2n) is 6.28. The lowest BCUT2D eigenvalue weighted by atomic mass is 10.2. The fourth-order valence-electron chi connectivity index (χ4n) is 2.90. The van der Waals surface area contributed by atoms with E-state index in [0.717, 1.165) is 10.6 Å². The minimum Gasteiger partial charge on any atom is -0.497 e. The van der Waals surface area contributed by atoms with Crippen LogP contribution < -0.4 is 23.8 Å². The number of benzene rings is 2. The topological polar surface area (TPSA) is 94.2 Å². The van der Waals surface area contributed by atoms with Crippen molar-refractivity contribution in [3.05, 3.63) is 42.5 Å². The van der Waals surface area contributed by atoms with Gasteiger partial charge in [-0.25, -0.2) is 8.42 Å². The van der Waals surface area contributed by atoms with E-state index in [2.05, 4.69) is 5.32 Å². The Bertz CT molecular complexity index is 959. The normalized spacial score (nSPS) is 14.1. The number of hydrogen-bond acceptors (Lipinski definition) is 6. The molecule has 3 rings (SSSR count). The van der Waals surface area contributed by atoms with E-state index in [1.807, 2.05) is 0 Å². The summed E-state index contributed by atoms with van der Waals surface area (Å²) in [5, 5.41) is 2.72. The van der Waals surface area contributed by atoms with Crippen molar-refractivity contribution in [2.45, 2.75) is 13.0 Å². The van der Waals surface area contributed by atoms with E-state index in [4.69, 9.17) is 14.2 Å². The van der Waals surface area contributed by atoms with Gasteiger partial charge >= 0.3 is 0 Å². The number of ether oxygens (including phenoxy) is 3. The summed E-state index contributed by atoms with van der Waals surface area (Å²) in [7, 11) is -2.19. The first kappa shape index (κ1) is 19.8. The summed E-state index contributed by atoms with van der Waals surface area (Å²) >= 11 is 0. The van der Waals surface area contributed by atoms with E-state index in [1.54, 1.807) is 49.6 Å². The number of methoxy groups -OCH3 is 1. The molecule has 0 radical (unpaired) electrons. The Morgan fingerprint density at radius 3 is 2.36 bits per heavy atom. The highest BCUT2D eigenvalue weighted by atomic mass is 32.2. The van der Waals surface area contributed by atoms with Crippen molar-refractivity contribution in [3.63, 3.8) is 0 Å². The number of nitrogens with zero attached hydrogens (tertiary/aromatic N) is 1. The third-order valence-corrected chi connectivity index (χ3v) is 5.47. The average molecular weight is 406 g/mol. The molecule has 8 nitrogen and oxygen atoms in total. The van der Waals surface area contributed by atoms with Crippen LogP contribution in [0.25, 0.3) is 0 Å². The number of nitrogens with one attached hydrogen (secondary N) is 1. The maximum atomic E-state index is 12.7. The van der Waals surface area contributed by atoms with Gasteiger partial charge in [-0.3, -0.25) is 9.10 Å². The van der Waals surface area contributed by atoms with E-state index in [0.29, 0.717) is 41.8 Å². The van der Waals surface area contributed by atoms with Gasteiger partial charge in [0.15, 0.2) is 11.5 Å². The predicted molar refractivity (Wildman–Crippen MR) is 106 cm³/mol. The monoisotopic (exact) mass is 406 g/mol. The number of carbonyl (C=O) groups excluding carboxylic acids is 1. The molecule has 1 N–H and O–H groups in total. The van der Waals surface area contributed by atoms with Crippen molar-refractivity contribution >= 4 is 27.3 Å². The van der Waals surface area contributed by atoms with Gasteiger partial charge in [-0.1, -0.05) is 0 Å². The van der Waals surface area contributed by atoms with Crippen molar-refractivity contribution < 1.29 is 27.4 Å². The summed E-state index contributed by atoms with van der Waals surface area (Å²) in [6.07, 6.45) is 1.06. The highest BCUT2D eigenvalue weighted by Crippen LogP contribution is 2.35. The third-order valence-electron chi connectivity index (χ3n) is 4.23. The van der Waals surface area contributed by atoms with E-state index in [-0.39, 0.29) is 0 Å². The zero-order valence-corrected chi connectivity index (χ0v) is 16.7. The van der Waals surface area contributed by atoms with Gasteiger partial charge in [0, 0.05) is 11.8 Å². The SMILES string of the molecule is COc1ccc(NC(=O)[C@H](C)N(c2ccc3c(c2)OCCO3)S(C)(=O)=O)cc1. The maximum Gasteiger partial charge on any atom is 0.247 e. The Morgan fingerprint density at radius 1 is 1.11 bits per heavy atom. The van der Waals surface area contributed by atoms with Crippen LogP contribution in [-0.2, 0) is 14.8 Å². The van der Waals surface area contributed by atoms with Crippen LogP contribution in [0.1, 0.15) is 6.92 Å². The maximum absolute atomic E-state index is 12.7. The molecule has 0 bridgehead atoms. The van der Waals surface area contributed by atoms with Gasteiger partial charge in [-0.15, -0.1) is 0 Å². The van der Waals surface area contributed by atoms with Crippen molar-refractivity contribution in [3.8, 4) is 17.2 Å². The number of fused-ring (bicyclic) bond motifs is 1. The minimum atomic E-state index is -3.74. The van der Waals surface area contributed by atoms with Crippen molar-refractivity contribution in [1.29, 1.82) is 0 Å². The molecule has 150 valence electrons. The van der Waals surface area contributed by atoms with Gasteiger partial charge < -0.3 is 19.5 Å². The van der Waals surface area contributed by atoms with Gasteiger partial charge in [-0.2, -0.15) is 0 Å². The second-order valence-corrected chi connectivity index (χ2v) is 8.14. The predicted octanol–water partition coefficient (Wildman–Crippen LogP) is 2.26. The number of sulfonamides is 1. The zero-order valence-electron chi connectivity index (χ0n) is 15.8. The van der Waals surface area contributed by atoms with Gasteiger partial charge in [0.1, 0.15) is 25.0 Å². The summed E-state index contributed by atoms with van der Waals surface area (Å²) in [6.45, 7) is 2.34. The largest absolute Gasteiger partial charge is 0.497 e. The molecule has 0 saturated carbocycles. The van der Waals surface area contributed by atoms with E-state index < -0.39 is 22.0 Å². The Hall–Kier alpha value is -2.94. The van der Waals surface area contributed by atoms with Crippen molar-refractivity contribution in [1.82, 2.24) is 0 Å². The summed E-state index contributed by atoms with van der Waals surface area (Å²) in [6, 6.07) is 10.6. The molecule has 1 aliphatic heterocycles. The first-order valence-electron chi connectivity index (χ1n) is 8.63. The molecule has 1 atom stereocenters. The first-order valence-corrected chi connectivity index (χ1v) is 10.5. The number of carbonyl (C=O) groups is 1. The van der Waals surface area contributed by atoms with Crippen molar-refractivity contribution in [2.75, 3.05) is 36.2 Å². The lowest BCUT2D eigenvalue weighted by Crippen LogP contribution is -2.45. The van der Waals surface area contributed by atoms with Crippen LogP contribution in [0.15, 0.2) is 42.5 Å². The molecule has 28 heavy (non-hydrogen) atoms. The average Bonchev–Trinajstić information content (AvgIpc) is 2.67. The molecule has 0 saturated heterocycles. The summed E-state index contributed by atoms with van der Waals surface area (Å²) < 4.78 is 42.0. The standard InChI is InChI=1S/C19H22N2O6S/c1-13(19(22)20-14-4-7-16(25-2)8-5-14)21(28(3,23)24)15-6-9-17-18(12-15)27-11-10-26-17/h4-9,12-13H,10-11H2,1-3H3,(H,20,22)/t13-/m0/s1. The second kappa shape index (κ2) is 7.97. The fraction of sp³-hybridized carbons (Fsp3) is 0.316. The fourth-order valence-corrected chi connectivity index (χ4v) is 4.07. The van der Waals surface area contributed by atoms with E-state index >= 15 is 0 Å². The molecule has 0 aliphatic carbocycles. The quantitative estimate of drug-likeness (QED) is 0.791. The minimum absolute atomic E-state index is 0.323. The molecule has 0 spiro atoms. The van der Waals surface area contributed by atoms with Crippen LogP contribution in [0, 0.1) is 0 Å². The first-order chi connectivity index (χ1) is 13.3. The molecule has 0 fully saturated rings. The van der Waals surface area contributed by atoms with E-state index in [9.17, 15) is 13.2 Å². The zero-order chi connectivity index (χ0) is 20.3. The van der Waals surface area contributed by atoms with Crippen LogP contribution in [0.5, 0.6) is 17.2 Å². The Morgan fingerprint density at radius 2 is 1.75 bits per heavy atom. The summed E-state index contributed by atoms with van der Waals surface area (Å²) in [5.74, 6) is 1.17. The Kier molecular flexibility index (Phi) is 5.64. The summed E-state index contributed by atoms with van der Waals surface area (Å²) in [4.78, 5) is 12.7. The van der Waals surface area contributed by atoms with Crippen LogP contribution in [-0.4, -0.2) is 46.9 Å². The van der Waals surface area contributed by atoms with Crippen LogP contribution in [0.4, 0.5) is 11.4 Å². The van der Waals surface area contributed by atoms with Crippen LogP contribution in [0.3, 0.4) is 0 Å². The van der Waals surface area contributed by atoms with Gasteiger partial charge in [-0.05, 0) is 43.3 Å². The molecular formula is C19H22N2O6S. The highest BCUT2D eigenvalue weighted by Gasteiger charge is 2.30. The third kappa shape index (κ3) is 4.30. The Balaban J connectivity index is 1.85. The van der Waals surface area contributed by atoms with Crippen molar-refractivity contribution in [2.24, 2.45) is 0 Å². The lowest BCUT2D eigenvalue weighted by Gasteiger charge is -2.29. The molecule has 1 heterocycles. The number of amides is 1. The molecule has 2 aromatic rings. The molecule has 1 amide bonds. The van der Waals surface area contributed by atoms with Gasteiger partial charge in [0.05, 0.1) is 19.1 Å². The van der Waals surface area contributed by atoms with Crippen LogP contribution >= 0.6 is 0 Å². The van der Waals surface area contributed by atoms with Crippen LogP contribution in [0.2, 0.25) is 0 Å². The van der Waals surface area contributed by atoms with Gasteiger partial charge in [0.25, 0.3) is 0 Å². The molecule has 1 aliphatic rings. The number of rotatable bonds is 6. The number of hydrogen-bond donors (Lipinski definition) is 1. The Labute approximate surface area is 164 Å². The molecule has 9 heteroatoms. The summed E-state index contributed by atoms with van der Waals surface area (Å²) in [5.41, 5.74) is 0.859. The molecule has 0 aromatic heterocycles. The smallest absolute Gasteiger partial charge is 0.247 e. The van der Waals surface area contributed by atoms with Gasteiger partial charge in [0.2, 0.25) is 15.9 Å². The molecular weight excluding hydrogens is 384 g/mol. The highest BCUT2D eigenvalue weighted by molar-refractivity contribution is 7.92. The molecule has 0 unspecified atom stereocenters. The lowest BCUT2D eigenvalue weighted by molar-refractivity contribution is -0.116. The number of anilines is 2. The van der Waals surface area contributed by atoms with E-state index in [1.165, 1.54) is 6.92 Å². The molecule has 2 aromatic carbocycles.